The number of likely N-dealkylation sites (tertiary alicyclic amines) is 1. The Morgan fingerprint density at radius 1 is 1.14 bits per heavy atom. The minimum Gasteiger partial charge on any atom is -0.303 e. The molecule has 3 aliphatic rings. The van der Waals surface area contributed by atoms with Crippen molar-refractivity contribution in [1.29, 1.82) is 0 Å². The summed E-state index contributed by atoms with van der Waals surface area (Å²) in [5.41, 5.74) is 0.541. The van der Waals surface area contributed by atoms with Crippen LogP contribution in [0, 0.1) is 29.1 Å². The zero-order valence-corrected chi connectivity index (χ0v) is 13.7. The van der Waals surface area contributed by atoms with E-state index < -0.39 is 6.43 Å². The fourth-order valence-electron chi connectivity index (χ4n) is 5.81. The van der Waals surface area contributed by atoms with E-state index in [9.17, 15) is 8.78 Å². The van der Waals surface area contributed by atoms with Gasteiger partial charge in [0.05, 0.1) is 0 Å². The molecule has 0 aromatic carbocycles. The Balaban J connectivity index is 1.57. The lowest BCUT2D eigenvalue weighted by molar-refractivity contribution is 0.0532. The third kappa shape index (κ3) is 3.00. The summed E-state index contributed by atoms with van der Waals surface area (Å²) in [5, 5.41) is 0. The molecule has 1 heterocycles. The molecule has 0 spiro atoms. The van der Waals surface area contributed by atoms with Gasteiger partial charge in [0.15, 0.2) is 0 Å². The van der Waals surface area contributed by atoms with E-state index in [1.165, 1.54) is 38.5 Å². The highest BCUT2D eigenvalue weighted by atomic mass is 19.3. The fraction of sp³-hybridized carbons (Fsp3) is 1.00. The summed E-state index contributed by atoms with van der Waals surface area (Å²) in [6.07, 6.45) is 6.98. The minimum atomic E-state index is -2.13. The standard InChI is InChI=1S/C18H31F2N/c1-13(11-21-10-8-14(12-21)17(19)20)16-7-6-15-5-3-4-9-18(15,16)2/h13-17H,3-12H2,1-2H3/t13-,14+,15+,16-,18-/m1/s1. The molecule has 5 atom stereocenters. The highest BCUT2D eigenvalue weighted by Crippen LogP contribution is 2.57. The Kier molecular flexibility index (Phi) is 4.59. The number of hydrogen-bond donors (Lipinski definition) is 0. The SMILES string of the molecule is C[C@H](CN1CC[C@H](C(F)F)C1)[C@H]1CC[C@@H]2CCCC[C@]21C. The second-order valence-corrected chi connectivity index (χ2v) is 8.25. The van der Waals surface area contributed by atoms with Crippen molar-refractivity contribution in [3.63, 3.8) is 0 Å². The van der Waals surface area contributed by atoms with Crippen LogP contribution in [0.5, 0.6) is 0 Å². The predicted molar refractivity (Wildman–Crippen MR) is 82.5 cm³/mol. The topological polar surface area (TPSA) is 3.24 Å². The third-order valence-corrected chi connectivity index (χ3v) is 7.02. The first kappa shape index (κ1) is 15.7. The van der Waals surface area contributed by atoms with Crippen LogP contribution in [0.3, 0.4) is 0 Å². The Morgan fingerprint density at radius 3 is 2.67 bits per heavy atom. The summed E-state index contributed by atoms with van der Waals surface area (Å²) in [5.74, 6) is 2.04. The number of alkyl halides is 2. The monoisotopic (exact) mass is 299 g/mol. The van der Waals surface area contributed by atoms with Gasteiger partial charge in [0.1, 0.15) is 0 Å². The number of nitrogens with zero attached hydrogens (tertiary/aromatic N) is 1. The van der Waals surface area contributed by atoms with Crippen LogP contribution in [0.2, 0.25) is 0 Å². The molecule has 0 radical (unpaired) electrons. The van der Waals surface area contributed by atoms with E-state index in [-0.39, 0.29) is 5.92 Å². The van der Waals surface area contributed by atoms with Gasteiger partial charge in [0, 0.05) is 19.0 Å². The van der Waals surface area contributed by atoms with E-state index >= 15 is 0 Å². The Morgan fingerprint density at radius 2 is 1.95 bits per heavy atom. The van der Waals surface area contributed by atoms with Gasteiger partial charge in [-0.2, -0.15) is 0 Å². The van der Waals surface area contributed by atoms with Crippen LogP contribution in [-0.2, 0) is 0 Å². The summed E-state index contributed by atoms with van der Waals surface area (Å²) in [7, 11) is 0. The second kappa shape index (κ2) is 6.14. The van der Waals surface area contributed by atoms with Crippen LogP contribution in [0.4, 0.5) is 8.78 Å². The molecule has 3 heteroatoms. The molecular weight excluding hydrogens is 268 g/mol. The van der Waals surface area contributed by atoms with Gasteiger partial charge in [-0.3, -0.25) is 0 Å². The fourth-order valence-corrected chi connectivity index (χ4v) is 5.81. The predicted octanol–water partition coefficient (Wildman–Crippen LogP) is 4.82. The van der Waals surface area contributed by atoms with Crippen molar-refractivity contribution < 1.29 is 8.78 Å². The third-order valence-electron chi connectivity index (χ3n) is 7.02. The van der Waals surface area contributed by atoms with Crippen molar-refractivity contribution in [2.75, 3.05) is 19.6 Å². The van der Waals surface area contributed by atoms with E-state index in [0.717, 1.165) is 24.9 Å². The molecular formula is C18H31F2N. The number of hydrogen-bond acceptors (Lipinski definition) is 1. The van der Waals surface area contributed by atoms with Gasteiger partial charge in [0.25, 0.3) is 0 Å². The van der Waals surface area contributed by atoms with Crippen LogP contribution in [0.25, 0.3) is 0 Å². The summed E-state index contributed by atoms with van der Waals surface area (Å²) in [6, 6.07) is 0. The Bertz CT molecular complexity index is 359. The molecule has 0 aromatic heterocycles. The van der Waals surface area contributed by atoms with Gasteiger partial charge in [-0.15, -0.1) is 0 Å². The average Bonchev–Trinajstić information content (AvgIpc) is 3.02. The van der Waals surface area contributed by atoms with E-state index in [2.05, 4.69) is 18.7 Å². The van der Waals surface area contributed by atoms with Crippen LogP contribution < -0.4 is 0 Å². The lowest BCUT2D eigenvalue weighted by Gasteiger charge is -2.43. The Hall–Kier alpha value is -0.180. The average molecular weight is 299 g/mol. The minimum absolute atomic E-state index is 0.376. The first-order valence-corrected chi connectivity index (χ1v) is 9.01. The maximum absolute atomic E-state index is 12.8. The summed E-state index contributed by atoms with van der Waals surface area (Å²) in [6.45, 7) is 7.44. The molecule has 0 N–H and O–H groups in total. The van der Waals surface area contributed by atoms with Crippen molar-refractivity contribution in [3.8, 4) is 0 Å². The molecule has 2 saturated carbocycles. The number of fused-ring (bicyclic) bond motifs is 1. The maximum Gasteiger partial charge on any atom is 0.242 e. The highest BCUT2D eigenvalue weighted by molar-refractivity contribution is 4.99. The van der Waals surface area contributed by atoms with Crippen molar-refractivity contribution in [2.45, 2.75) is 65.2 Å². The van der Waals surface area contributed by atoms with Crippen molar-refractivity contribution >= 4 is 0 Å². The smallest absolute Gasteiger partial charge is 0.242 e. The van der Waals surface area contributed by atoms with Crippen molar-refractivity contribution in [1.82, 2.24) is 4.90 Å². The summed E-state index contributed by atoms with van der Waals surface area (Å²) >= 11 is 0. The molecule has 3 rings (SSSR count). The second-order valence-electron chi connectivity index (χ2n) is 8.25. The number of halogens is 2. The van der Waals surface area contributed by atoms with Gasteiger partial charge in [-0.05, 0) is 61.8 Å². The largest absolute Gasteiger partial charge is 0.303 e. The molecule has 1 nitrogen and oxygen atoms in total. The van der Waals surface area contributed by atoms with Crippen LogP contribution in [0.15, 0.2) is 0 Å². The van der Waals surface area contributed by atoms with Gasteiger partial charge in [-0.1, -0.05) is 26.7 Å². The van der Waals surface area contributed by atoms with Crippen molar-refractivity contribution in [2.24, 2.45) is 29.1 Å². The Labute approximate surface area is 128 Å². The molecule has 21 heavy (non-hydrogen) atoms. The van der Waals surface area contributed by atoms with E-state index in [1.54, 1.807) is 0 Å². The maximum atomic E-state index is 12.8. The molecule has 3 fully saturated rings. The zero-order valence-electron chi connectivity index (χ0n) is 13.7. The molecule has 1 aliphatic heterocycles. The summed E-state index contributed by atoms with van der Waals surface area (Å²) < 4.78 is 25.6. The van der Waals surface area contributed by atoms with Gasteiger partial charge < -0.3 is 4.90 Å². The van der Waals surface area contributed by atoms with Crippen LogP contribution >= 0.6 is 0 Å². The van der Waals surface area contributed by atoms with Gasteiger partial charge in [-0.25, -0.2) is 8.78 Å². The molecule has 0 aromatic rings. The molecule has 2 aliphatic carbocycles. The van der Waals surface area contributed by atoms with E-state index in [4.69, 9.17) is 0 Å². The lowest BCUT2D eigenvalue weighted by Crippen LogP contribution is -2.39. The molecule has 122 valence electrons. The molecule has 0 bridgehead atoms. The van der Waals surface area contributed by atoms with Crippen LogP contribution in [0.1, 0.15) is 58.8 Å². The molecule has 0 unspecified atom stereocenters. The zero-order chi connectivity index (χ0) is 15.0. The normalized spacial score (nSPS) is 42.4. The van der Waals surface area contributed by atoms with E-state index in [0.29, 0.717) is 24.3 Å². The summed E-state index contributed by atoms with van der Waals surface area (Å²) in [4.78, 5) is 2.31. The highest BCUT2D eigenvalue weighted by Gasteiger charge is 2.49. The first-order chi connectivity index (χ1) is 10.0. The van der Waals surface area contributed by atoms with Crippen molar-refractivity contribution in [3.05, 3.63) is 0 Å². The van der Waals surface area contributed by atoms with Crippen LogP contribution in [-0.4, -0.2) is 31.0 Å². The number of rotatable bonds is 4. The van der Waals surface area contributed by atoms with Gasteiger partial charge >= 0.3 is 0 Å². The lowest BCUT2D eigenvalue weighted by atomic mass is 9.63. The van der Waals surface area contributed by atoms with E-state index in [1.807, 2.05) is 0 Å². The van der Waals surface area contributed by atoms with Gasteiger partial charge in [0.2, 0.25) is 6.43 Å². The quantitative estimate of drug-likeness (QED) is 0.719. The molecule has 0 amide bonds. The first-order valence-electron chi connectivity index (χ1n) is 9.01. The molecule has 1 saturated heterocycles.